The first kappa shape index (κ1) is 13.9. The van der Waals surface area contributed by atoms with Gasteiger partial charge in [0.05, 0.1) is 12.9 Å². The fourth-order valence-electron chi connectivity index (χ4n) is 1.47. The first-order valence-corrected chi connectivity index (χ1v) is 6.83. The second-order valence-corrected chi connectivity index (χ2v) is 5.12. The highest BCUT2D eigenvalue weighted by atomic mass is 35.5. The van der Waals surface area contributed by atoms with Crippen LogP contribution in [0.4, 0.5) is 0 Å². The summed E-state index contributed by atoms with van der Waals surface area (Å²) in [4.78, 5) is 11.1. The van der Waals surface area contributed by atoms with Gasteiger partial charge >= 0.3 is 5.97 Å². The topological polar surface area (TPSA) is 57.0 Å². The number of rotatable bonds is 4. The lowest BCUT2D eigenvalue weighted by atomic mass is 10.2. The van der Waals surface area contributed by atoms with Crippen LogP contribution in [0.5, 0.6) is 0 Å². The number of aromatic nitrogens is 3. The average molecular weight is 298 g/mol. The third-order valence-electron chi connectivity index (χ3n) is 2.48. The lowest BCUT2D eigenvalue weighted by Gasteiger charge is -2.03. The zero-order valence-electron chi connectivity index (χ0n) is 10.5. The molecule has 0 unspecified atom stereocenters. The van der Waals surface area contributed by atoms with Crippen molar-refractivity contribution in [1.82, 2.24) is 14.8 Å². The normalized spacial score (nSPS) is 10.5. The van der Waals surface area contributed by atoms with E-state index in [-0.39, 0.29) is 11.7 Å². The summed E-state index contributed by atoms with van der Waals surface area (Å²) in [5, 5.41) is 9.51. The number of benzene rings is 1. The van der Waals surface area contributed by atoms with Crippen LogP contribution in [0.3, 0.4) is 0 Å². The monoisotopic (exact) mass is 297 g/mol. The van der Waals surface area contributed by atoms with Crippen molar-refractivity contribution in [3.05, 3.63) is 29.3 Å². The summed E-state index contributed by atoms with van der Waals surface area (Å²) in [6.07, 6.45) is 0. The molecule has 19 heavy (non-hydrogen) atoms. The standard InChI is InChI=1S/C12H12ClN3O2S/c1-16-11(8-3-5-9(13)6-4-8)14-15-12(16)19-7-10(17)18-2/h3-6H,7H2,1-2H3. The zero-order chi connectivity index (χ0) is 13.8. The van der Waals surface area contributed by atoms with Crippen molar-refractivity contribution in [2.24, 2.45) is 7.05 Å². The van der Waals surface area contributed by atoms with Crippen LogP contribution in [0.1, 0.15) is 0 Å². The summed E-state index contributed by atoms with van der Waals surface area (Å²) in [7, 11) is 3.21. The van der Waals surface area contributed by atoms with Gasteiger partial charge in [0.1, 0.15) is 0 Å². The highest BCUT2D eigenvalue weighted by Crippen LogP contribution is 2.23. The molecule has 100 valence electrons. The fourth-order valence-corrected chi connectivity index (χ4v) is 2.34. The molecule has 0 saturated heterocycles. The van der Waals surface area contributed by atoms with E-state index in [1.165, 1.54) is 18.9 Å². The Kier molecular flexibility index (Phi) is 4.44. The molecule has 0 aliphatic carbocycles. The van der Waals surface area contributed by atoms with E-state index in [0.717, 1.165) is 11.4 Å². The minimum atomic E-state index is -0.291. The zero-order valence-corrected chi connectivity index (χ0v) is 12.0. The first-order valence-electron chi connectivity index (χ1n) is 5.46. The van der Waals surface area contributed by atoms with Crippen molar-refractivity contribution in [2.45, 2.75) is 5.16 Å². The third kappa shape index (κ3) is 3.27. The highest BCUT2D eigenvalue weighted by Gasteiger charge is 2.12. The molecule has 0 aliphatic rings. The molecular weight excluding hydrogens is 286 g/mol. The van der Waals surface area contributed by atoms with E-state index in [0.29, 0.717) is 10.2 Å². The van der Waals surface area contributed by atoms with E-state index in [1.807, 2.05) is 23.7 Å². The molecule has 1 heterocycles. The Hall–Kier alpha value is -1.53. The van der Waals surface area contributed by atoms with Gasteiger partial charge in [0.15, 0.2) is 11.0 Å². The molecule has 0 atom stereocenters. The molecule has 1 aromatic carbocycles. The molecule has 0 aliphatic heterocycles. The van der Waals surface area contributed by atoms with Gasteiger partial charge < -0.3 is 9.30 Å². The maximum Gasteiger partial charge on any atom is 0.316 e. The molecule has 0 saturated carbocycles. The van der Waals surface area contributed by atoms with Gasteiger partial charge in [-0.1, -0.05) is 23.4 Å². The Morgan fingerprint density at radius 2 is 2.05 bits per heavy atom. The van der Waals surface area contributed by atoms with Crippen LogP contribution in [0, 0.1) is 0 Å². The Bertz CT molecular complexity index is 583. The van der Waals surface area contributed by atoms with Gasteiger partial charge in [-0.05, 0) is 24.3 Å². The summed E-state index contributed by atoms with van der Waals surface area (Å²) in [6, 6.07) is 7.35. The van der Waals surface area contributed by atoms with Crippen molar-refractivity contribution in [1.29, 1.82) is 0 Å². The lowest BCUT2D eigenvalue weighted by molar-refractivity contribution is -0.137. The number of methoxy groups -OCH3 is 1. The molecule has 0 bridgehead atoms. The van der Waals surface area contributed by atoms with Gasteiger partial charge in [-0.25, -0.2) is 0 Å². The number of esters is 1. The fraction of sp³-hybridized carbons (Fsp3) is 0.250. The number of nitrogens with zero attached hydrogens (tertiary/aromatic N) is 3. The van der Waals surface area contributed by atoms with Gasteiger partial charge in [0, 0.05) is 17.6 Å². The highest BCUT2D eigenvalue weighted by molar-refractivity contribution is 7.99. The van der Waals surface area contributed by atoms with Crippen LogP contribution in [-0.2, 0) is 16.6 Å². The van der Waals surface area contributed by atoms with E-state index >= 15 is 0 Å². The van der Waals surface area contributed by atoms with Crippen molar-refractivity contribution in [2.75, 3.05) is 12.9 Å². The second-order valence-electron chi connectivity index (χ2n) is 3.74. The van der Waals surface area contributed by atoms with E-state index in [2.05, 4.69) is 14.9 Å². The van der Waals surface area contributed by atoms with E-state index in [4.69, 9.17) is 11.6 Å². The second kappa shape index (κ2) is 6.08. The molecule has 0 radical (unpaired) electrons. The Morgan fingerprint density at radius 1 is 1.37 bits per heavy atom. The molecule has 0 fully saturated rings. The van der Waals surface area contributed by atoms with Gasteiger partial charge in [-0.2, -0.15) is 0 Å². The Balaban J connectivity index is 2.18. The number of halogens is 1. The predicted octanol–water partition coefficient (Wildman–Crippen LogP) is 2.40. The largest absolute Gasteiger partial charge is 0.468 e. The minimum Gasteiger partial charge on any atom is -0.468 e. The number of hydrogen-bond acceptors (Lipinski definition) is 5. The van der Waals surface area contributed by atoms with E-state index < -0.39 is 0 Å². The van der Waals surface area contributed by atoms with Crippen molar-refractivity contribution >= 4 is 29.3 Å². The quantitative estimate of drug-likeness (QED) is 0.641. The summed E-state index contributed by atoms with van der Waals surface area (Å²) in [6.45, 7) is 0. The molecule has 0 N–H and O–H groups in total. The third-order valence-corrected chi connectivity index (χ3v) is 3.73. The maximum absolute atomic E-state index is 11.1. The number of carbonyl (C=O) groups is 1. The van der Waals surface area contributed by atoms with Gasteiger partial charge in [-0.15, -0.1) is 10.2 Å². The first-order chi connectivity index (χ1) is 9.11. The molecule has 2 rings (SSSR count). The lowest BCUT2D eigenvalue weighted by Crippen LogP contribution is -2.04. The van der Waals surface area contributed by atoms with Crippen LogP contribution in [-0.4, -0.2) is 33.6 Å². The molecule has 0 amide bonds. The SMILES string of the molecule is COC(=O)CSc1nnc(-c2ccc(Cl)cc2)n1C. The van der Waals surface area contributed by atoms with Crippen LogP contribution < -0.4 is 0 Å². The molecule has 7 heteroatoms. The summed E-state index contributed by atoms with van der Waals surface area (Å²) in [5.74, 6) is 0.647. The molecule has 2 aromatic rings. The predicted molar refractivity (Wildman–Crippen MR) is 74.2 cm³/mol. The average Bonchev–Trinajstić information content (AvgIpc) is 2.78. The number of hydrogen-bond donors (Lipinski definition) is 0. The Labute approximate surface area is 119 Å². The molecule has 1 aromatic heterocycles. The van der Waals surface area contributed by atoms with Crippen LogP contribution in [0.15, 0.2) is 29.4 Å². The maximum atomic E-state index is 11.1. The molecule has 0 spiro atoms. The van der Waals surface area contributed by atoms with Crippen molar-refractivity contribution < 1.29 is 9.53 Å². The summed E-state index contributed by atoms with van der Waals surface area (Å²) < 4.78 is 6.41. The summed E-state index contributed by atoms with van der Waals surface area (Å²) >= 11 is 7.13. The number of carbonyl (C=O) groups excluding carboxylic acids is 1. The molecule has 5 nitrogen and oxygen atoms in total. The van der Waals surface area contributed by atoms with Crippen LogP contribution in [0.25, 0.3) is 11.4 Å². The van der Waals surface area contributed by atoms with Crippen molar-refractivity contribution in [3.63, 3.8) is 0 Å². The smallest absolute Gasteiger partial charge is 0.316 e. The van der Waals surface area contributed by atoms with Gasteiger partial charge in [0.2, 0.25) is 0 Å². The minimum absolute atomic E-state index is 0.211. The summed E-state index contributed by atoms with van der Waals surface area (Å²) in [5.41, 5.74) is 0.921. The van der Waals surface area contributed by atoms with Crippen LogP contribution in [0.2, 0.25) is 5.02 Å². The Morgan fingerprint density at radius 3 is 2.68 bits per heavy atom. The van der Waals surface area contributed by atoms with Crippen molar-refractivity contribution in [3.8, 4) is 11.4 Å². The van der Waals surface area contributed by atoms with Gasteiger partial charge in [0.25, 0.3) is 0 Å². The molecular formula is C12H12ClN3O2S. The number of ether oxygens (including phenoxy) is 1. The van der Waals surface area contributed by atoms with E-state index in [1.54, 1.807) is 12.1 Å². The van der Waals surface area contributed by atoms with Crippen LogP contribution >= 0.6 is 23.4 Å². The number of thioether (sulfide) groups is 1. The van der Waals surface area contributed by atoms with E-state index in [9.17, 15) is 4.79 Å². The van der Waals surface area contributed by atoms with Gasteiger partial charge in [-0.3, -0.25) is 4.79 Å².